The molecule has 16 heavy (non-hydrogen) atoms. The number of halogens is 4. The van der Waals surface area contributed by atoms with Crippen molar-refractivity contribution < 1.29 is 13.0 Å². The van der Waals surface area contributed by atoms with E-state index in [0.717, 1.165) is 0 Å². The predicted molar refractivity (Wildman–Crippen MR) is 65.8 cm³/mol. The Labute approximate surface area is 113 Å². The van der Waals surface area contributed by atoms with Gasteiger partial charge < -0.3 is 0 Å². The molecule has 0 saturated heterocycles. The first-order chi connectivity index (χ1) is 7.11. The van der Waals surface area contributed by atoms with Crippen LogP contribution in [0.2, 0.25) is 0 Å². The van der Waals surface area contributed by atoms with Gasteiger partial charge in [0.05, 0.1) is 0 Å². The smallest absolute Gasteiger partial charge is 0.283 e. The quantitative estimate of drug-likeness (QED) is 0.685. The Balaban J connectivity index is 3.33. The van der Waals surface area contributed by atoms with Gasteiger partial charge in [0.25, 0.3) is 3.67 Å². The molecule has 1 aromatic carbocycles. The lowest BCUT2D eigenvalue weighted by atomic mass is 10.1. The number of benzene rings is 1. The van der Waals surface area contributed by atoms with Gasteiger partial charge in [-0.1, -0.05) is 76.7 Å². The maximum atomic E-state index is 11.0. The Bertz CT molecular complexity index is 469. The summed E-state index contributed by atoms with van der Waals surface area (Å²) >= 11 is 22.6. The third-order valence-corrected chi connectivity index (χ3v) is 6.13. The van der Waals surface area contributed by atoms with Gasteiger partial charge in [-0.05, 0) is 5.56 Å². The summed E-state index contributed by atoms with van der Waals surface area (Å²) in [4.78, 5) is 0. The fraction of sp³-hybridized carbons (Fsp3) is 0.250. The fourth-order valence-electron chi connectivity index (χ4n) is 0.977. The van der Waals surface area contributed by atoms with Gasteiger partial charge in [-0.2, -0.15) is 8.42 Å². The Kier molecular flexibility index (Phi) is 4.05. The van der Waals surface area contributed by atoms with Crippen LogP contribution >= 0.6 is 46.4 Å². The first-order valence-corrected chi connectivity index (χ1v) is 6.84. The number of hydrogen-bond acceptors (Lipinski definition) is 2. The van der Waals surface area contributed by atoms with Crippen molar-refractivity contribution in [3.8, 4) is 0 Å². The highest BCUT2D eigenvalue weighted by Crippen LogP contribution is 2.52. The minimum absolute atomic E-state index is 0.154. The minimum Gasteiger partial charge on any atom is -0.283 e. The second kappa shape index (κ2) is 4.52. The van der Waals surface area contributed by atoms with E-state index in [9.17, 15) is 8.42 Å². The van der Waals surface area contributed by atoms with Crippen LogP contribution in [-0.2, 0) is 14.5 Å². The zero-order valence-corrected chi connectivity index (χ0v) is 11.4. The third-order valence-electron chi connectivity index (χ3n) is 1.83. The lowest BCUT2D eigenvalue weighted by Crippen LogP contribution is -2.41. The van der Waals surface area contributed by atoms with Crippen molar-refractivity contribution in [2.75, 3.05) is 0 Å². The topological polar surface area (TPSA) is 54.4 Å². The highest BCUT2D eigenvalue weighted by Gasteiger charge is 2.57. The molecule has 90 valence electrons. The highest BCUT2D eigenvalue weighted by molar-refractivity contribution is 7.90. The van der Waals surface area contributed by atoms with E-state index in [4.69, 9.17) is 51.0 Å². The van der Waals surface area contributed by atoms with E-state index in [2.05, 4.69) is 0 Å². The van der Waals surface area contributed by atoms with E-state index in [1.807, 2.05) is 0 Å². The van der Waals surface area contributed by atoms with Gasteiger partial charge in [0, 0.05) is 0 Å². The zero-order chi connectivity index (χ0) is 12.6. The molecule has 1 rings (SSSR count). The summed E-state index contributed by atoms with van der Waals surface area (Å²) in [5, 5.41) is 0. The molecule has 0 heterocycles. The molecule has 0 amide bonds. The largest absolute Gasteiger partial charge is 0.302 e. The maximum Gasteiger partial charge on any atom is 0.302 e. The van der Waals surface area contributed by atoms with Gasteiger partial charge >= 0.3 is 10.1 Å². The summed E-state index contributed by atoms with van der Waals surface area (Å²) in [6, 6.07) is 7.69. The summed E-state index contributed by atoms with van der Waals surface area (Å²) in [6.45, 7) is 0. The average Bonchev–Trinajstić information content (AvgIpc) is 2.17. The monoisotopic (exact) mass is 322 g/mol. The molecular formula is C8H6Cl4O3S. The molecule has 0 radical (unpaired) electrons. The van der Waals surface area contributed by atoms with E-state index >= 15 is 0 Å². The Morgan fingerprint density at radius 2 is 1.44 bits per heavy atom. The molecule has 8 heteroatoms. The van der Waals surface area contributed by atoms with Crippen LogP contribution in [0.15, 0.2) is 30.3 Å². The van der Waals surface area contributed by atoms with Crippen molar-refractivity contribution >= 4 is 56.5 Å². The third kappa shape index (κ3) is 2.42. The molecule has 0 aliphatic heterocycles. The number of rotatable bonds is 3. The molecule has 3 nitrogen and oxygen atoms in total. The van der Waals surface area contributed by atoms with E-state index in [-0.39, 0.29) is 5.56 Å². The maximum absolute atomic E-state index is 11.0. The molecule has 0 aromatic heterocycles. The second-order valence-corrected chi connectivity index (χ2v) is 7.60. The summed E-state index contributed by atoms with van der Waals surface area (Å²) in [7, 11) is -4.84. The molecule has 0 aliphatic carbocycles. The van der Waals surface area contributed by atoms with Crippen molar-refractivity contribution in [3.63, 3.8) is 0 Å². The molecule has 0 bridgehead atoms. The first kappa shape index (κ1) is 14.4. The van der Waals surface area contributed by atoms with Gasteiger partial charge in [-0.15, -0.1) is 0 Å². The molecule has 0 spiro atoms. The van der Waals surface area contributed by atoms with Crippen molar-refractivity contribution in [1.29, 1.82) is 0 Å². The number of hydrogen-bond donors (Lipinski definition) is 1. The van der Waals surface area contributed by atoms with E-state index in [1.54, 1.807) is 18.2 Å². The molecular weight excluding hydrogens is 318 g/mol. The summed E-state index contributed by atoms with van der Waals surface area (Å²) in [6.07, 6.45) is 0. The van der Waals surface area contributed by atoms with Crippen LogP contribution in [-0.4, -0.2) is 16.6 Å². The Hall–Kier alpha value is 0.290. The Morgan fingerprint density at radius 1 is 1.00 bits per heavy atom. The molecule has 1 N–H and O–H groups in total. The fourth-order valence-corrected chi connectivity index (χ4v) is 2.47. The highest BCUT2D eigenvalue weighted by atomic mass is 35.5. The second-order valence-electron chi connectivity index (χ2n) is 2.93. The Morgan fingerprint density at radius 3 is 1.81 bits per heavy atom. The van der Waals surface area contributed by atoms with Gasteiger partial charge in [0.1, 0.15) is 0 Å². The van der Waals surface area contributed by atoms with Crippen molar-refractivity contribution in [2.45, 2.75) is 8.00 Å². The normalized spacial score (nSPS) is 13.8. The average molecular weight is 324 g/mol. The molecule has 0 fully saturated rings. The molecule has 1 aromatic rings. The van der Waals surface area contributed by atoms with Crippen molar-refractivity contribution in [1.82, 2.24) is 0 Å². The lowest BCUT2D eigenvalue weighted by Gasteiger charge is -2.30. The van der Waals surface area contributed by atoms with Crippen LogP contribution in [0.1, 0.15) is 5.56 Å². The minimum atomic E-state index is -4.84. The van der Waals surface area contributed by atoms with Crippen LogP contribution < -0.4 is 0 Å². The zero-order valence-electron chi connectivity index (χ0n) is 7.57. The van der Waals surface area contributed by atoms with Crippen molar-refractivity contribution in [2.24, 2.45) is 0 Å². The van der Waals surface area contributed by atoms with Gasteiger partial charge in [-0.3, -0.25) is 4.55 Å². The molecule has 0 saturated carbocycles. The van der Waals surface area contributed by atoms with Crippen LogP contribution in [0.25, 0.3) is 0 Å². The van der Waals surface area contributed by atoms with Gasteiger partial charge in [-0.25, -0.2) is 0 Å². The van der Waals surface area contributed by atoms with E-state index in [1.165, 1.54) is 12.1 Å². The van der Waals surface area contributed by atoms with Crippen molar-refractivity contribution in [3.05, 3.63) is 35.9 Å². The van der Waals surface area contributed by atoms with E-state index < -0.39 is 18.1 Å². The standard InChI is InChI=1S/C8H6Cl4O3S/c9-7(10,6-4-2-1-3-5-6)8(11,12)16(13,14)15/h1-5H,(H,13,14,15). The van der Waals surface area contributed by atoms with Crippen LogP contribution in [0, 0.1) is 0 Å². The summed E-state index contributed by atoms with van der Waals surface area (Å²) < 4.78 is 25.9. The molecule has 0 aliphatic rings. The predicted octanol–water partition coefficient (Wildman–Crippen LogP) is 3.34. The van der Waals surface area contributed by atoms with Crippen LogP contribution in [0.4, 0.5) is 0 Å². The summed E-state index contributed by atoms with van der Waals surface area (Å²) in [5.41, 5.74) is 0.154. The SMILES string of the molecule is O=S(=O)(O)C(Cl)(Cl)C(Cl)(Cl)c1ccccc1. The van der Waals surface area contributed by atoms with Gasteiger partial charge in [0.2, 0.25) is 0 Å². The van der Waals surface area contributed by atoms with E-state index in [0.29, 0.717) is 0 Å². The van der Waals surface area contributed by atoms with Crippen LogP contribution in [0.5, 0.6) is 0 Å². The molecule has 0 atom stereocenters. The summed E-state index contributed by atoms with van der Waals surface area (Å²) in [5.74, 6) is 0. The number of alkyl halides is 4. The van der Waals surface area contributed by atoms with Crippen LogP contribution in [0.3, 0.4) is 0 Å². The lowest BCUT2D eigenvalue weighted by molar-refractivity contribution is 0.469. The first-order valence-electron chi connectivity index (χ1n) is 3.89. The molecule has 0 unspecified atom stereocenters. The van der Waals surface area contributed by atoms with Gasteiger partial charge in [0.15, 0.2) is 4.33 Å².